The van der Waals surface area contributed by atoms with E-state index in [0.717, 1.165) is 23.3 Å². The lowest BCUT2D eigenvalue weighted by atomic mass is 9.86. The molecule has 3 heteroatoms. The van der Waals surface area contributed by atoms with Crippen molar-refractivity contribution in [1.29, 1.82) is 0 Å². The molecule has 0 saturated carbocycles. The van der Waals surface area contributed by atoms with Crippen LogP contribution in [0.5, 0.6) is 0 Å². The average molecular weight is 379 g/mol. The van der Waals surface area contributed by atoms with Crippen LogP contribution in [0, 0.1) is 5.92 Å². The molecule has 0 bridgehead atoms. The third kappa shape index (κ3) is 5.09. The van der Waals surface area contributed by atoms with E-state index in [4.69, 9.17) is 4.98 Å². The van der Waals surface area contributed by atoms with E-state index in [-0.39, 0.29) is 11.0 Å². The van der Waals surface area contributed by atoms with Crippen LogP contribution < -0.4 is 5.56 Å². The first kappa shape index (κ1) is 21.9. The fraction of sp³-hybridized carbons (Fsp3) is 0.440. The molecule has 0 atom stereocenters. The van der Waals surface area contributed by atoms with Crippen molar-refractivity contribution < 1.29 is 0 Å². The number of hydrogen-bond acceptors (Lipinski definition) is 2. The van der Waals surface area contributed by atoms with Crippen LogP contribution in [-0.4, -0.2) is 9.55 Å². The van der Waals surface area contributed by atoms with Crippen molar-refractivity contribution in [3.05, 3.63) is 75.8 Å². The average Bonchev–Trinajstić information content (AvgIpc) is 2.66. The molecule has 0 aliphatic carbocycles. The minimum absolute atomic E-state index is 0.0347. The summed E-state index contributed by atoms with van der Waals surface area (Å²) in [6.07, 6.45) is 0.789. The smallest absolute Gasteiger partial charge is 0.261 e. The molecule has 0 fully saturated rings. The topological polar surface area (TPSA) is 34.9 Å². The third-order valence-electron chi connectivity index (χ3n) is 4.67. The SMILES string of the molecule is CC.CC(C)Cc1nc2cc(C(C)(C)C)ccc2c(=O)n1Cc1ccccc1. The molecule has 150 valence electrons. The Kier molecular flexibility index (Phi) is 7.17. The maximum absolute atomic E-state index is 13.2. The van der Waals surface area contributed by atoms with Crippen molar-refractivity contribution in [1.82, 2.24) is 9.55 Å². The quantitative estimate of drug-likeness (QED) is 0.561. The van der Waals surface area contributed by atoms with Gasteiger partial charge in [-0.3, -0.25) is 9.36 Å². The van der Waals surface area contributed by atoms with Crippen LogP contribution in [0.2, 0.25) is 0 Å². The van der Waals surface area contributed by atoms with Crippen molar-refractivity contribution in [2.75, 3.05) is 0 Å². The van der Waals surface area contributed by atoms with Crippen molar-refractivity contribution in [2.45, 2.75) is 66.8 Å². The lowest BCUT2D eigenvalue weighted by Gasteiger charge is -2.20. The van der Waals surface area contributed by atoms with Gasteiger partial charge in [-0.1, -0.05) is 84.9 Å². The predicted molar refractivity (Wildman–Crippen MR) is 120 cm³/mol. The summed E-state index contributed by atoms with van der Waals surface area (Å²) in [5.41, 5.74) is 3.21. The second-order valence-electron chi connectivity index (χ2n) is 8.48. The molecule has 1 aromatic heterocycles. The van der Waals surface area contributed by atoms with Gasteiger partial charge in [0.05, 0.1) is 17.4 Å². The molecule has 2 aromatic carbocycles. The Morgan fingerprint density at radius 1 is 1.00 bits per heavy atom. The number of hydrogen-bond donors (Lipinski definition) is 0. The van der Waals surface area contributed by atoms with Gasteiger partial charge in [-0.25, -0.2) is 4.98 Å². The number of fused-ring (bicyclic) bond motifs is 1. The van der Waals surface area contributed by atoms with Gasteiger partial charge in [0, 0.05) is 6.42 Å². The molecule has 3 nitrogen and oxygen atoms in total. The largest absolute Gasteiger partial charge is 0.292 e. The van der Waals surface area contributed by atoms with Crippen LogP contribution in [0.25, 0.3) is 10.9 Å². The molecule has 28 heavy (non-hydrogen) atoms. The van der Waals surface area contributed by atoms with Crippen LogP contribution in [0.15, 0.2) is 53.3 Å². The van der Waals surface area contributed by atoms with Gasteiger partial charge >= 0.3 is 0 Å². The summed E-state index contributed by atoms with van der Waals surface area (Å²) in [6.45, 7) is 15.4. The summed E-state index contributed by atoms with van der Waals surface area (Å²) in [6, 6.07) is 16.2. The highest BCUT2D eigenvalue weighted by atomic mass is 16.1. The fourth-order valence-electron chi connectivity index (χ4n) is 3.18. The van der Waals surface area contributed by atoms with Gasteiger partial charge in [-0.2, -0.15) is 0 Å². The van der Waals surface area contributed by atoms with Crippen LogP contribution >= 0.6 is 0 Å². The lowest BCUT2D eigenvalue weighted by Crippen LogP contribution is -2.27. The zero-order valence-corrected chi connectivity index (χ0v) is 18.4. The number of benzene rings is 2. The van der Waals surface area contributed by atoms with Crippen molar-refractivity contribution in [2.24, 2.45) is 5.92 Å². The van der Waals surface area contributed by atoms with E-state index in [1.165, 1.54) is 5.56 Å². The Bertz CT molecular complexity index is 963. The van der Waals surface area contributed by atoms with Crippen molar-refractivity contribution in [3.8, 4) is 0 Å². The van der Waals surface area contributed by atoms with E-state index in [1.807, 2.05) is 42.7 Å². The summed E-state index contributed by atoms with van der Waals surface area (Å²) in [7, 11) is 0. The standard InChI is InChI=1S/C23H28N2O.C2H6/c1-16(2)13-21-24-20-14-18(23(3,4)5)11-12-19(20)22(26)25(21)15-17-9-7-6-8-10-17;1-2/h6-12,14,16H,13,15H2,1-5H3;1-2H3. The van der Waals surface area contributed by atoms with E-state index < -0.39 is 0 Å². The summed E-state index contributed by atoms with van der Waals surface area (Å²) < 4.78 is 1.84. The van der Waals surface area contributed by atoms with Gasteiger partial charge in [0.2, 0.25) is 0 Å². The summed E-state index contributed by atoms with van der Waals surface area (Å²) in [5, 5.41) is 0.696. The molecule has 0 saturated heterocycles. The lowest BCUT2D eigenvalue weighted by molar-refractivity contribution is 0.573. The molecule has 1 heterocycles. The molecule has 0 amide bonds. The second-order valence-corrected chi connectivity index (χ2v) is 8.48. The van der Waals surface area contributed by atoms with Crippen molar-refractivity contribution >= 4 is 10.9 Å². The first-order valence-electron chi connectivity index (χ1n) is 10.3. The molecule has 0 unspecified atom stereocenters. The van der Waals surface area contributed by atoms with Crippen LogP contribution in [0.4, 0.5) is 0 Å². The zero-order chi connectivity index (χ0) is 20.9. The molecule has 3 rings (SSSR count). The molecule has 3 aromatic rings. The van der Waals surface area contributed by atoms with Crippen LogP contribution in [-0.2, 0) is 18.4 Å². The summed E-state index contributed by atoms with van der Waals surface area (Å²) >= 11 is 0. The zero-order valence-electron chi connectivity index (χ0n) is 18.4. The Hall–Kier alpha value is -2.42. The fourth-order valence-corrected chi connectivity index (χ4v) is 3.18. The van der Waals surface area contributed by atoms with E-state index in [1.54, 1.807) is 0 Å². The van der Waals surface area contributed by atoms with E-state index >= 15 is 0 Å². The Morgan fingerprint density at radius 3 is 2.21 bits per heavy atom. The monoisotopic (exact) mass is 378 g/mol. The van der Waals surface area contributed by atoms with Gasteiger partial charge in [0.25, 0.3) is 5.56 Å². The van der Waals surface area contributed by atoms with E-state index in [0.29, 0.717) is 17.8 Å². The van der Waals surface area contributed by atoms with Gasteiger partial charge in [-0.15, -0.1) is 0 Å². The number of rotatable bonds is 4. The number of nitrogens with zero attached hydrogens (tertiary/aromatic N) is 2. The van der Waals surface area contributed by atoms with Gasteiger partial charge in [-0.05, 0) is 34.6 Å². The normalized spacial score (nSPS) is 11.4. The highest BCUT2D eigenvalue weighted by Gasteiger charge is 2.17. The van der Waals surface area contributed by atoms with Crippen LogP contribution in [0.3, 0.4) is 0 Å². The minimum Gasteiger partial charge on any atom is -0.292 e. The van der Waals surface area contributed by atoms with Crippen LogP contribution in [0.1, 0.15) is 65.4 Å². The Balaban J connectivity index is 0.00000136. The Morgan fingerprint density at radius 2 is 1.64 bits per heavy atom. The van der Waals surface area contributed by atoms with Gasteiger partial charge < -0.3 is 0 Å². The van der Waals surface area contributed by atoms with E-state index in [9.17, 15) is 4.79 Å². The molecule has 0 aliphatic rings. The molecule has 0 spiro atoms. The summed E-state index contributed by atoms with van der Waals surface area (Å²) in [5.74, 6) is 1.31. The maximum atomic E-state index is 13.2. The highest BCUT2D eigenvalue weighted by Crippen LogP contribution is 2.24. The highest BCUT2D eigenvalue weighted by molar-refractivity contribution is 5.78. The first-order valence-corrected chi connectivity index (χ1v) is 10.3. The molecule has 0 radical (unpaired) electrons. The van der Waals surface area contributed by atoms with Gasteiger partial charge in [0.1, 0.15) is 5.82 Å². The molecular weight excluding hydrogens is 344 g/mol. The van der Waals surface area contributed by atoms with E-state index in [2.05, 4.69) is 58.9 Å². The maximum Gasteiger partial charge on any atom is 0.261 e. The van der Waals surface area contributed by atoms with Gasteiger partial charge in [0.15, 0.2) is 0 Å². The molecule has 0 N–H and O–H groups in total. The minimum atomic E-state index is 0.0347. The predicted octanol–water partition coefficient (Wildman–Crippen LogP) is 5.97. The second kappa shape index (κ2) is 9.18. The molecular formula is C25H34N2O. The molecule has 0 aliphatic heterocycles. The van der Waals surface area contributed by atoms with Crippen molar-refractivity contribution in [3.63, 3.8) is 0 Å². The summed E-state index contributed by atoms with van der Waals surface area (Å²) in [4.78, 5) is 18.1. The first-order chi connectivity index (χ1) is 13.3. The number of aromatic nitrogens is 2. The Labute approximate surface area is 169 Å². The third-order valence-corrected chi connectivity index (χ3v) is 4.67.